The van der Waals surface area contributed by atoms with Crippen molar-refractivity contribution in [1.29, 1.82) is 0 Å². The lowest BCUT2D eigenvalue weighted by Gasteiger charge is -2.20. The zero-order valence-electron chi connectivity index (χ0n) is 29.5. The zero-order valence-corrected chi connectivity index (χ0v) is 29.5. The molecule has 1 aliphatic heterocycles. The minimum Gasteiger partial charge on any atom is -0.367 e. The minimum atomic E-state index is 0.160. The highest BCUT2D eigenvalue weighted by Gasteiger charge is 2.34. The van der Waals surface area contributed by atoms with Crippen LogP contribution in [0.1, 0.15) is 31.9 Å². The number of nitrogens with one attached hydrogen (secondary N) is 1. The number of allylic oxidation sites excluding steroid dienone is 2. The Morgan fingerprint density at radius 2 is 1.15 bits per heavy atom. The van der Waals surface area contributed by atoms with Gasteiger partial charge in [0.15, 0.2) is 0 Å². The van der Waals surface area contributed by atoms with E-state index in [-0.39, 0.29) is 5.41 Å². The Bertz CT molecular complexity index is 3120. The van der Waals surface area contributed by atoms with Crippen molar-refractivity contribution in [2.45, 2.75) is 26.2 Å². The zero-order chi connectivity index (χ0) is 34.7. The van der Waals surface area contributed by atoms with Gasteiger partial charge in [-0.1, -0.05) is 135 Å². The Morgan fingerprint density at radius 3 is 1.88 bits per heavy atom. The molecule has 0 fully saturated rings. The summed E-state index contributed by atoms with van der Waals surface area (Å²) in [6, 6.07) is 51.2. The van der Waals surface area contributed by atoms with Crippen molar-refractivity contribution in [3.8, 4) is 11.1 Å². The van der Waals surface area contributed by atoms with Crippen LogP contribution in [0, 0.1) is 0 Å². The molecule has 1 aliphatic carbocycles. The van der Waals surface area contributed by atoms with Gasteiger partial charge in [0.25, 0.3) is 0 Å². The first kappa shape index (κ1) is 29.4. The fraction of sp³-hybridized carbons (Fsp3) is 0.102. The molecule has 52 heavy (non-hydrogen) atoms. The van der Waals surface area contributed by atoms with Crippen LogP contribution < -0.4 is 5.32 Å². The minimum absolute atomic E-state index is 0.160. The van der Waals surface area contributed by atoms with E-state index < -0.39 is 0 Å². The second kappa shape index (κ2) is 10.6. The van der Waals surface area contributed by atoms with Crippen molar-refractivity contribution < 1.29 is 0 Å². The molecule has 0 spiro atoms. The van der Waals surface area contributed by atoms with Gasteiger partial charge in [0.1, 0.15) is 5.82 Å². The second-order valence-electron chi connectivity index (χ2n) is 15.1. The highest BCUT2D eigenvalue weighted by molar-refractivity contribution is 6.30. The van der Waals surface area contributed by atoms with Gasteiger partial charge in [-0.2, -0.15) is 0 Å². The van der Waals surface area contributed by atoms with Crippen LogP contribution in [0.4, 0.5) is 0 Å². The Kier molecular flexibility index (Phi) is 6.00. The summed E-state index contributed by atoms with van der Waals surface area (Å²) < 4.78 is 4.87. The van der Waals surface area contributed by atoms with E-state index in [9.17, 15) is 0 Å². The van der Waals surface area contributed by atoms with Crippen LogP contribution in [-0.4, -0.2) is 15.5 Å². The molecule has 0 amide bonds. The maximum atomic E-state index is 3.65. The van der Waals surface area contributed by atoms with E-state index in [2.05, 4.69) is 187 Å². The van der Waals surface area contributed by atoms with Gasteiger partial charge in [-0.15, -0.1) is 0 Å². The molecule has 3 nitrogen and oxygen atoms in total. The van der Waals surface area contributed by atoms with Crippen LogP contribution in [0.2, 0.25) is 0 Å². The van der Waals surface area contributed by atoms with E-state index in [0.29, 0.717) is 0 Å². The molecule has 4 heterocycles. The predicted octanol–water partition coefficient (Wildman–Crippen LogP) is 12.4. The summed E-state index contributed by atoms with van der Waals surface area (Å²) in [5, 5.41) is 14.1. The van der Waals surface area contributed by atoms with E-state index in [1.807, 2.05) is 0 Å². The Hall–Kier alpha value is -6.32. The largest absolute Gasteiger partial charge is 0.367 e. The topological polar surface area (TPSA) is 21.4 Å². The highest BCUT2D eigenvalue weighted by Crippen LogP contribution is 2.48. The van der Waals surface area contributed by atoms with Gasteiger partial charge in [-0.05, 0) is 76.4 Å². The molecule has 0 radical (unpaired) electrons. The molecule has 7 aromatic carbocycles. The Labute approximate surface area is 302 Å². The molecule has 2 aliphatic rings. The lowest BCUT2D eigenvalue weighted by atomic mass is 9.82. The van der Waals surface area contributed by atoms with Gasteiger partial charge < -0.3 is 9.72 Å². The molecule has 10 aromatic rings. The maximum absolute atomic E-state index is 3.65. The molecule has 0 saturated heterocycles. The van der Waals surface area contributed by atoms with E-state index in [1.165, 1.54) is 98.5 Å². The first-order valence-corrected chi connectivity index (χ1v) is 18.3. The number of fused-ring (bicyclic) bond motifs is 14. The van der Waals surface area contributed by atoms with Gasteiger partial charge in [0.2, 0.25) is 0 Å². The van der Waals surface area contributed by atoms with Gasteiger partial charge in [0.05, 0.1) is 27.6 Å². The number of nitrogens with zero attached hydrogens (tertiary/aromatic N) is 2. The fourth-order valence-electron chi connectivity index (χ4n) is 9.37. The Morgan fingerprint density at radius 1 is 0.519 bits per heavy atom. The van der Waals surface area contributed by atoms with Gasteiger partial charge in [-0.25, -0.2) is 0 Å². The average molecular weight is 668 g/mol. The van der Waals surface area contributed by atoms with Gasteiger partial charge in [-0.3, -0.25) is 4.57 Å². The first-order chi connectivity index (χ1) is 25.5. The van der Waals surface area contributed by atoms with Crippen molar-refractivity contribution in [3.05, 3.63) is 168 Å². The molecule has 12 rings (SSSR count). The normalized spacial score (nSPS) is 14.9. The van der Waals surface area contributed by atoms with Gasteiger partial charge in [0, 0.05) is 44.3 Å². The smallest absolute Gasteiger partial charge is 0.111 e. The third-order valence-electron chi connectivity index (χ3n) is 11.8. The highest BCUT2D eigenvalue weighted by atomic mass is 15.1. The lowest BCUT2D eigenvalue weighted by Crippen LogP contribution is -2.21. The third kappa shape index (κ3) is 3.91. The molecule has 0 atom stereocenters. The van der Waals surface area contributed by atoms with Crippen molar-refractivity contribution >= 4 is 76.5 Å². The number of aromatic nitrogens is 2. The Balaban J connectivity index is 0.000000179. The summed E-state index contributed by atoms with van der Waals surface area (Å²) in [4.78, 5) is 0. The molecule has 3 aromatic heterocycles. The summed E-state index contributed by atoms with van der Waals surface area (Å²) in [5.74, 6) is 1.13. The third-order valence-corrected chi connectivity index (χ3v) is 11.8. The molecule has 1 N–H and O–H groups in total. The molecular weight excluding hydrogens is 631 g/mol. The lowest BCUT2D eigenvalue weighted by molar-refractivity contribution is 0.660. The maximum Gasteiger partial charge on any atom is 0.111 e. The molecular formula is C49H37N3. The van der Waals surface area contributed by atoms with Crippen LogP contribution >= 0.6 is 0 Å². The fourth-order valence-corrected chi connectivity index (χ4v) is 9.37. The van der Waals surface area contributed by atoms with E-state index in [4.69, 9.17) is 0 Å². The van der Waals surface area contributed by atoms with E-state index in [1.54, 1.807) is 0 Å². The number of rotatable bonds is 1. The SMILES string of the molecule is CC1(C)c2ccccc2-c2ccccc21.CC1=CC=C(n2c3ccccc3c3cc4ccc5c(c4cc32)c2cccc3c4ccccc4n5c32)NC1. The summed E-state index contributed by atoms with van der Waals surface area (Å²) >= 11 is 0. The van der Waals surface area contributed by atoms with Crippen LogP contribution in [0.15, 0.2) is 157 Å². The summed E-state index contributed by atoms with van der Waals surface area (Å²) in [6.45, 7) is 7.64. The quantitative estimate of drug-likeness (QED) is 0.185. The van der Waals surface area contributed by atoms with Crippen molar-refractivity contribution in [2.24, 2.45) is 0 Å². The number of hydrogen-bond acceptors (Lipinski definition) is 1. The van der Waals surface area contributed by atoms with Crippen LogP contribution in [0.5, 0.6) is 0 Å². The molecule has 248 valence electrons. The second-order valence-corrected chi connectivity index (χ2v) is 15.1. The summed E-state index contributed by atoms with van der Waals surface area (Å²) in [5.41, 5.74) is 13.5. The molecule has 0 bridgehead atoms. The van der Waals surface area contributed by atoms with Crippen LogP contribution in [-0.2, 0) is 5.41 Å². The number of para-hydroxylation sites is 3. The standard InChI is InChI=1S/C34H23N3.C15H14/c1-20-13-16-32(35-19-20)36-28-11-4-3-8-23(28)27-17-21-14-15-30-33(26(21)18-31(27)36)25-10-6-9-24-22-7-2-5-12-29(22)37(30)34(24)25;1-15(2)13-9-5-3-7-11(13)12-8-4-6-10-14(12)15/h2-18,35H,19H2,1H3;3-10H,1-2H3. The molecule has 0 unspecified atom stereocenters. The molecule has 3 heteroatoms. The average Bonchev–Trinajstić information content (AvgIpc) is 3.88. The van der Waals surface area contributed by atoms with Crippen LogP contribution in [0.3, 0.4) is 0 Å². The number of dihydropyridines is 1. The van der Waals surface area contributed by atoms with E-state index >= 15 is 0 Å². The first-order valence-electron chi connectivity index (χ1n) is 18.3. The van der Waals surface area contributed by atoms with E-state index in [0.717, 1.165) is 12.4 Å². The number of benzene rings is 7. The predicted molar refractivity (Wildman–Crippen MR) is 222 cm³/mol. The van der Waals surface area contributed by atoms with Crippen LogP contribution in [0.25, 0.3) is 87.6 Å². The van der Waals surface area contributed by atoms with Crippen molar-refractivity contribution in [1.82, 2.24) is 14.3 Å². The summed E-state index contributed by atoms with van der Waals surface area (Å²) in [7, 11) is 0. The summed E-state index contributed by atoms with van der Waals surface area (Å²) in [6.07, 6.45) is 4.44. The van der Waals surface area contributed by atoms with Crippen molar-refractivity contribution in [2.75, 3.05) is 6.54 Å². The molecule has 0 saturated carbocycles. The van der Waals surface area contributed by atoms with Gasteiger partial charge >= 0.3 is 0 Å². The number of hydrogen-bond donors (Lipinski definition) is 1. The monoisotopic (exact) mass is 667 g/mol. The van der Waals surface area contributed by atoms with Crippen molar-refractivity contribution in [3.63, 3.8) is 0 Å².